The Morgan fingerprint density at radius 1 is 1.45 bits per heavy atom. The Morgan fingerprint density at radius 3 is 3.00 bits per heavy atom. The minimum absolute atomic E-state index is 0.214. The van der Waals surface area contributed by atoms with Gasteiger partial charge in [-0.15, -0.1) is 0 Å². The van der Waals surface area contributed by atoms with E-state index in [9.17, 15) is 5.26 Å². The predicted molar refractivity (Wildman–Crippen MR) is 80.1 cm³/mol. The smallest absolute Gasteiger partial charge is 0.0719 e. The van der Waals surface area contributed by atoms with Crippen LogP contribution in [-0.4, -0.2) is 9.78 Å². The zero-order valence-corrected chi connectivity index (χ0v) is 12.3. The fourth-order valence-electron chi connectivity index (χ4n) is 3.70. The van der Waals surface area contributed by atoms with Crippen molar-refractivity contribution in [2.75, 3.05) is 0 Å². The lowest BCUT2D eigenvalue weighted by atomic mass is 9.68. The van der Waals surface area contributed by atoms with Crippen LogP contribution >= 0.6 is 0 Å². The number of nitriles is 1. The zero-order chi connectivity index (χ0) is 14.2. The van der Waals surface area contributed by atoms with Gasteiger partial charge >= 0.3 is 0 Å². The number of rotatable bonds is 2. The number of benzene rings is 1. The van der Waals surface area contributed by atoms with Crippen molar-refractivity contribution in [3.63, 3.8) is 0 Å². The maximum atomic E-state index is 9.71. The van der Waals surface area contributed by atoms with Crippen LogP contribution in [0.25, 0.3) is 10.9 Å². The fourth-order valence-corrected chi connectivity index (χ4v) is 3.70. The van der Waals surface area contributed by atoms with E-state index in [-0.39, 0.29) is 5.41 Å². The van der Waals surface area contributed by atoms with Crippen LogP contribution in [0.3, 0.4) is 0 Å². The van der Waals surface area contributed by atoms with E-state index >= 15 is 0 Å². The Balaban J connectivity index is 1.98. The summed E-state index contributed by atoms with van der Waals surface area (Å²) >= 11 is 0. The molecule has 0 spiro atoms. The van der Waals surface area contributed by atoms with E-state index in [1.54, 1.807) is 0 Å². The van der Waals surface area contributed by atoms with Crippen molar-refractivity contribution in [1.29, 1.82) is 5.26 Å². The van der Waals surface area contributed by atoms with Gasteiger partial charge in [0.1, 0.15) is 0 Å². The maximum absolute atomic E-state index is 9.71. The van der Waals surface area contributed by atoms with Gasteiger partial charge in [-0.1, -0.05) is 38.0 Å². The van der Waals surface area contributed by atoms with Gasteiger partial charge < -0.3 is 0 Å². The standard InChI is InChI=1S/C17H21N3/c1-13-6-5-9-17(10-13,12-18)11-15-14-7-3-4-8-16(14)20(2)19-15/h3-4,7-8,13H,5-6,9-11H2,1-2H3. The number of aryl methyl sites for hydroxylation is 1. The highest BCUT2D eigenvalue weighted by atomic mass is 15.3. The van der Waals surface area contributed by atoms with Crippen molar-refractivity contribution in [1.82, 2.24) is 9.78 Å². The van der Waals surface area contributed by atoms with E-state index in [4.69, 9.17) is 0 Å². The summed E-state index contributed by atoms with van der Waals surface area (Å²) in [7, 11) is 1.98. The Morgan fingerprint density at radius 2 is 2.25 bits per heavy atom. The quantitative estimate of drug-likeness (QED) is 0.829. The molecule has 1 aromatic heterocycles. The third-order valence-corrected chi connectivity index (χ3v) is 4.67. The molecule has 0 bridgehead atoms. The molecule has 20 heavy (non-hydrogen) atoms. The van der Waals surface area contributed by atoms with Crippen LogP contribution in [0.15, 0.2) is 24.3 Å². The van der Waals surface area contributed by atoms with Crippen molar-refractivity contribution in [3.8, 4) is 6.07 Å². The Labute approximate surface area is 120 Å². The number of aromatic nitrogens is 2. The second-order valence-electron chi connectivity index (χ2n) is 6.36. The molecule has 1 aromatic carbocycles. The summed E-state index contributed by atoms with van der Waals surface area (Å²) in [6.45, 7) is 2.27. The Hall–Kier alpha value is -1.82. The summed E-state index contributed by atoms with van der Waals surface area (Å²) in [6, 6.07) is 10.9. The lowest BCUT2D eigenvalue weighted by molar-refractivity contribution is 0.208. The summed E-state index contributed by atoms with van der Waals surface area (Å²) in [5.41, 5.74) is 2.02. The first-order valence-electron chi connectivity index (χ1n) is 7.45. The molecular formula is C17H21N3. The van der Waals surface area contributed by atoms with Crippen LogP contribution < -0.4 is 0 Å². The summed E-state index contributed by atoms with van der Waals surface area (Å²) < 4.78 is 1.93. The Bertz CT molecular complexity index is 664. The highest BCUT2D eigenvalue weighted by molar-refractivity contribution is 5.81. The molecule has 2 unspecified atom stereocenters. The molecule has 0 radical (unpaired) electrons. The van der Waals surface area contributed by atoms with Crippen LogP contribution in [0.5, 0.6) is 0 Å². The molecule has 1 saturated carbocycles. The molecule has 2 atom stereocenters. The third-order valence-electron chi connectivity index (χ3n) is 4.67. The Kier molecular flexibility index (Phi) is 3.25. The van der Waals surface area contributed by atoms with Crippen LogP contribution in [0.4, 0.5) is 0 Å². The molecule has 104 valence electrons. The third kappa shape index (κ3) is 2.20. The van der Waals surface area contributed by atoms with Gasteiger partial charge in [-0.3, -0.25) is 4.68 Å². The van der Waals surface area contributed by atoms with Crippen molar-refractivity contribution in [2.45, 2.75) is 39.0 Å². The fraction of sp³-hybridized carbons (Fsp3) is 0.529. The van der Waals surface area contributed by atoms with Gasteiger partial charge in [-0.2, -0.15) is 10.4 Å². The van der Waals surface area contributed by atoms with Gasteiger partial charge in [0, 0.05) is 18.9 Å². The highest BCUT2D eigenvalue weighted by Gasteiger charge is 2.36. The monoisotopic (exact) mass is 267 g/mol. The van der Waals surface area contributed by atoms with Crippen molar-refractivity contribution in [3.05, 3.63) is 30.0 Å². The van der Waals surface area contributed by atoms with Crippen LogP contribution in [0, 0.1) is 22.7 Å². The van der Waals surface area contributed by atoms with Gasteiger partial charge in [-0.25, -0.2) is 0 Å². The molecule has 3 heteroatoms. The van der Waals surface area contributed by atoms with Gasteiger partial charge in [0.05, 0.1) is 22.7 Å². The number of hydrogen-bond donors (Lipinski definition) is 0. The second kappa shape index (κ2) is 4.94. The SMILES string of the molecule is CC1CCCC(C#N)(Cc2nn(C)c3ccccc23)C1. The van der Waals surface area contributed by atoms with Gasteiger partial charge in [0.2, 0.25) is 0 Å². The van der Waals surface area contributed by atoms with E-state index in [0.717, 1.165) is 30.5 Å². The number of hydrogen-bond acceptors (Lipinski definition) is 2. The highest BCUT2D eigenvalue weighted by Crippen LogP contribution is 2.42. The average Bonchev–Trinajstić information content (AvgIpc) is 2.76. The summed E-state index contributed by atoms with van der Waals surface area (Å²) in [4.78, 5) is 0. The molecule has 1 heterocycles. The van der Waals surface area contributed by atoms with E-state index in [1.165, 1.54) is 18.2 Å². The summed E-state index contributed by atoms with van der Waals surface area (Å²) in [5, 5.41) is 15.6. The van der Waals surface area contributed by atoms with Crippen LogP contribution in [-0.2, 0) is 13.5 Å². The van der Waals surface area contributed by atoms with E-state index in [0.29, 0.717) is 5.92 Å². The minimum Gasteiger partial charge on any atom is -0.268 e. The molecule has 1 aliphatic rings. The molecule has 1 aliphatic carbocycles. The van der Waals surface area contributed by atoms with Gasteiger partial charge in [0.15, 0.2) is 0 Å². The van der Waals surface area contributed by atoms with E-state index < -0.39 is 0 Å². The lowest BCUT2D eigenvalue weighted by Crippen LogP contribution is -2.28. The zero-order valence-electron chi connectivity index (χ0n) is 12.3. The normalized spacial score (nSPS) is 26.6. The first-order valence-corrected chi connectivity index (χ1v) is 7.45. The van der Waals surface area contributed by atoms with Crippen LogP contribution in [0.1, 0.15) is 38.3 Å². The molecular weight excluding hydrogens is 246 g/mol. The molecule has 1 fully saturated rings. The summed E-state index contributed by atoms with van der Waals surface area (Å²) in [6.07, 6.45) is 5.23. The van der Waals surface area contributed by atoms with Crippen molar-refractivity contribution >= 4 is 10.9 Å². The number of fused-ring (bicyclic) bond motifs is 1. The summed E-state index contributed by atoms with van der Waals surface area (Å²) in [5.74, 6) is 0.651. The number of para-hydroxylation sites is 1. The van der Waals surface area contributed by atoms with Crippen LogP contribution in [0.2, 0.25) is 0 Å². The second-order valence-corrected chi connectivity index (χ2v) is 6.36. The maximum Gasteiger partial charge on any atom is 0.0719 e. The topological polar surface area (TPSA) is 41.6 Å². The van der Waals surface area contributed by atoms with E-state index in [1.807, 2.05) is 17.8 Å². The first kappa shape index (κ1) is 13.2. The minimum atomic E-state index is -0.214. The number of nitrogens with zero attached hydrogens (tertiary/aromatic N) is 3. The molecule has 2 aromatic rings. The predicted octanol–water partition coefficient (Wildman–Crippen LogP) is 3.84. The van der Waals surface area contributed by atoms with Crippen molar-refractivity contribution < 1.29 is 0 Å². The van der Waals surface area contributed by atoms with Gasteiger partial charge in [0.25, 0.3) is 0 Å². The van der Waals surface area contributed by atoms with Gasteiger partial charge in [-0.05, 0) is 24.8 Å². The molecule has 3 nitrogen and oxygen atoms in total. The van der Waals surface area contributed by atoms with E-state index in [2.05, 4.69) is 36.3 Å². The largest absolute Gasteiger partial charge is 0.268 e. The molecule has 0 saturated heterocycles. The molecule has 0 amide bonds. The average molecular weight is 267 g/mol. The molecule has 0 N–H and O–H groups in total. The molecule has 0 aliphatic heterocycles. The van der Waals surface area contributed by atoms with Crippen molar-refractivity contribution in [2.24, 2.45) is 18.4 Å². The lowest BCUT2D eigenvalue weighted by Gasteiger charge is -2.33. The molecule has 3 rings (SSSR count). The first-order chi connectivity index (χ1) is 9.63.